The number of thioether (sulfide) groups is 1. The van der Waals surface area contributed by atoms with Crippen LogP contribution in [0.4, 0.5) is 0 Å². The molecule has 0 unspecified atom stereocenters. The van der Waals surface area contributed by atoms with Crippen molar-refractivity contribution in [1.29, 1.82) is 0 Å². The van der Waals surface area contributed by atoms with Gasteiger partial charge in [-0.3, -0.25) is 0 Å². The van der Waals surface area contributed by atoms with E-state index >= 15 is 0 Å². The molecule has 0 aliphatic carbocycles. The second kappa shape index (κ2) is 4.56. The monoisotopic (exact) mass is 223 g/mol. The van der Waals surface area contributed by atoms with Gasteiger partial charge in [-0.15, -0.1) is 11.8 Å². The van der Waals surface area contributed by atoms with E-state index in [-0.39, 0.29) is 5.41 Å². The van der Waals surface area contributed by atoms with E-state index in [0.29, 0.717) is 0 Å². The van der Waals surface area contributed by atoms with Crippen LogP contribution in [0.15, 0.2) is 29.2 Å². The van der Waals surface area contributed by atoms with Gasteiger partial charge in [-0.25, -0.2) is 0 Å². The molecule has 1 aliphatic heterocycles. The van der Waals surface area contributed by atoms with Crippen molar-refractivity contribution in [2.45, 2.75) is 11.3 Å². The van der Waals surface area contributed by atoms with E-state index in [9.17, 15) is 0 Å². The summed E-state index contributed by atoms with van der Waals surface area (Å²) in [5.41, 5.74) is 7.36. The minimum atomic E-state index is 0.209. The quantitative estimate of drug-likeness (QED) is 0.792. The number of ether oxygens (including phenoxy) is 1. The standard InChI is InChI=1S/C12H17NOS/c1-15-11-4-2-10(3-5-11)6-12(7-13)8-14-9-12/h2-5H,6-9,13H2,1H3. The van der Waals surface area contributed by atoms with Crippen LogP contribution >= 0.6 is 11.8 Å². The molecule has 1 fully saturated rings. The molecule has 1 aliphatic rings. The van der Waals surface area contributed by atoms with Crippen molar-refractivity contribution in [3.8, 4) is 0 Å². The molecule has 0 radical (unpaired) electrons. The summed E-state index contributed by atoms with van der Waals surface area (Å²) in [6.07, 6.45) is 3.13. The summed E-state index contributed by atoms with van der Waals surface area (Å²) in [5.74, 6) is 0. The van der Waals surface area contributed by atoms with E-state index in [4.69, 9.17) is 10.5 Å². The Hall–Kier alpha value is -0.510. The van der Waals surface area contributed by atoms with Crippen molar-refractivity contribution in [2.75, 3.05) is 26.0 Å². The summed E-state index contributed by atoms with van der Waals surface area (Å²) in [7, 11) is 0. The number of benzene rings is 1. The molecule has 0 spiro atoms. The van der Waals surface area contributed by atoms with Gasteiger partial charge in [0.25, 0.3) is 0 Å². The smallest absolute Gasteiger partial charge is 0.0560 e. The van der Waals surface area contributed by atoms with Crippen LogP contribution in [0.3, 0.4) is 0 Å². The van der Waals surface area contributed by atoms with Crippen LogP contribution in [0, 0.1) is 5.41 Å². The van der Waals surface area contributed by atoms with Crippen LogP contribution in [0.2, 0.25) is 0 Å². The van der Waals surface area contributed by atoms with Gasteiger partial charge in [0.2, 0.25) is 0 Å². The average molecular weight is 223 g/mol. The van der Waals surface area contributed by atoms with Crippen molar-refractivity contribution >= 4 is 11.8 Å². The van der Waals surface area contributed by atoms with Crippen molar-refractivity contribution in [1.82, 2.24) is 0 Å². The highest BCUT2D eigenvalue weighted by molar-refractivity contribution is 7.98. The van der Waals surface area contributed by atoms with Gasteiger partial charge in [0.15, 0.2) is 0 Å². The number of hydrogen-bond acceptors (Lipinski definition) is 3. The van der Waals surface area contributed by atoms with Crippen LogP contribution in [-0.4, -0.2) is 26.0 Å². The van der Waals surface area contributed by atoms with Gasteiger partial charge in [-0.05, 0) is 30.4 Å². The first-order valence-electron chi connectivity index (χ1n) is 5.19. The lowest BCUT2D eigenvalue weighted by Gasteiger charge is -2.40. The predicted molar refractivity (Wildman–Crippen MR) is 64.2 cm³/mol. The van der Waals surface area contributed by atoms with E-state index in [2.05, 4.69) is 30.5 Å². The molecule has 0 amide bonds. The highest BCUT2D eigenvalue weighted by Gasteiger charge is 2.37. The Balaban J connectivity index is 2.03. The van der Waals surface area contributed by atoms with Crippen LogP contribution in [0.1, 0.15) is 5.56 Å². The average Bonchev–Trinajstić information content (AvgIpc) is 2.24. The molecule has 1 aromatic rings. The maximum Gasteiger partial charge on any atom is 0.0560 e. The first kappa shape index (κ1) is 11.0. The van der Waals surface area contributed by atoms with E-state index in [0.717, 1.165) is 26.2 Å². The zero-order chi connectivity index (χ0) is 10.7. The third-order valence-electron chi connectivity index (χ3n) is 2.99. The van der Waals surface area contributed by atoms with Crippen molar-refractivity contribution in [3.63, 3.8) is 0 Å². The minimum Gasteiger partial charge on any atom is -0.380 e. The topological polar surface area (TPSA) is 35.2 Å². The first-order chi connectivity index (χ1) is 7.28. The Labute approximate surface area is 95.2 Å². The van der Waals surface area contributed by atoms with E-state index in [1.54, 1.807) is 11.8 Å². The summed E-state index contributed by atoms with van der Waals surface area (Å²) in [4.78, 5) is 1.31. The third-order valence-corrected chi connectivity index (χ3v) is 3.73. The molecule has 15 heavy (non-hydrogen) atoms. The molecule has 1 heterocycles. The fourth-order valence-electron chi connectivity index (χ4n) is 1.86. The molecule has 0 saturated carbocycles. The Morgan fingerprint density at radius 1 is 1.33 bits per heavy atom. The summed E-state index contributed by atoms with van der Waals surface area (Å²) >= 11 is 1.77. The van der Waals surface area contributed by atoms with Gasteiger partial charge in [0.1, 0.15) is 0 Å². The maximum atomic E-state index is 5.79. The lowest BCUT2D eigenvalue weighted by atomic mass is 9.80. The normalized spacial score (nSPS) is 18.5. The highest BCUT2D eigenvalue weighted by Crippen LogP contribution is 2.30. The molecule has 0 bridgehead atoms. The summed E-state index contributed by atoms with van der Waals surface area (Å²) < 4.78 is 5.26. The molecular formula is C12H17NOS. The second-order valence-corrected chi connectivity index (χ2v) is 5.10. The van der Waals surface area contributed by atoms with Crippen LogP contribution in [0.25, 0.3) is 0 Å². The largest absolute Gasteiger partial charge is 0.380 e. The van der Waals surface area contributed by atoms with Crippen LogP contribution < -0.4 is 5.73 Å². The van der Waals surface area contributed by atoms with Gasteiger partial charge >= 0.3 is 0 Å². The van der Waals surface area contributed by atoms with E-state index < -0.39 is 0 Å². The lowest BCUT2D eigenvalue weighted by Crippen LogP contribution is -2.49. The van der Waals surface area contributed by atoms with Gasteiger partial charge in [-0.2, -0.15) is 0 Å². The van der Waals surface area contributed by atoms with Crippen LogP contribution in [0.5, 0.6) is 0 Å². The Kier molecular flexibility index (Phi) is 3.34. The van der Waals surface area contributed by atoms with E-state index in [1.165, 1.54) is 10.5 Å². The molecule has 1 aromatic carbocycles. The molecule has 82 valence electrons. The number of hydrogen-bond donors (Lipinski definition) is 1. The Bertz CT molecular complexity index is 313. The molecule has 0 aromatic heterocycles. The summed E-state index contributed by atoms with van der Waals surface area (Å²) in [6, 6.07) is 8.73. The van der Waals surface area contributed by atoms with Crippen molar-refractivity contribution < 1.29 is 4.74 Å². The fraction of sp³-hybridized carbons (Fsp3) is 0.500. The zero-order valence-electron chi connectivity index (χ0n) is 9.03. The predicted octanol–water partition coefficient (Wildman–Crippen LogP) is 1.93. The van der Waals surface area contributed by atoms with Gasteiger partial charge in [0, 0.05) is 16.9 Å². The molecule has 0 atom stereocenters. The molecular weight excluding hydrogens is 206 g/mol. The summed E-state index contributed by atoms with van der Waals surface area (Å²) in [6.45, 7) is 2.35. The third kappa shape index (κ3) is 2.36. The Morgan fingerprint density at radius 2 is 2.00 bits per heavy atom. The highest BCUT2D eigenvalue weighted by atomic mass is 32.2. The lowest BCUT2D eigenvalue weighted by molar-refractivity contribution is -0.106. The molecule has 2 rings (SSSR count). The zero-order valence-corrected chi connectivity index (χ0v) is 9.85. The van der Waals surface area contributed by atoms with Gasteiger partial charge in [0.05, 0.1) is 13.2 Å². The SMILES string of the molecule is CSc1ccc(CC2(CN)COC2)cc1. The van der Waals surface area contributed by atoms with Crippen molar-refractivity contribution in [3.05, 3.63) is 29.8 Å². The van der Waals surface area contributed by atoms with Crippen molar-refractivity contribution in [2.24, 2.45) is 11.1 Å². The van der Waals surface area contributed by atoms with Gasteiger partial charge in [-0.1, -0.05) is 12.1 Å². The number of rotatable bonds is 4. The second-order valence-electron chi connectivity index (χ2n) is 4.22. The maximum absolute atomic E-state index is 5.79. The molecule has 3 heteroatoms. The van der Waals surface area contributed by atoms with E-state index in [1.807, 2.05) is 0 Å². The first-order valence-corrected chi connectivity index (χ1v) is 6.41. The molecule has 2 nitrogen and oxygen atoms in total. The van der Waals surface area contributed by atoms with Crippen LogP contribution in [-0.2, 0) is 11.2 Å². The fourth-order valence-corrected chi connectivity index (χ4v) is 2.27. The Morgan fingerprint density at radius 3 is 2.40 bits per heavy atom. The number of nitrogens with two attached hydrogens (primary N) is 1. The molecule has 2 N–H and O–H groups in total. The molecule has 1 saturated heterocycles. The summed E-state index contributed by atoms with van der Waals surface area (Å²) in [5, 5.41) is 0. The van der Waals surface area contributed by atoms with Gasteiger partial charge < -0.3 is 10.5 Å². The minimum absolute atomic E-state index is 0.209.